The topological polar surface area (TPSA) is 456 Å². The lowest BCUT2D eigenvalue weighted by Crippen LogP contribution is -2.62. The van der Waals surface area contributed by atoms with E-state index in [2.05, 4.69) is 53.2 Å². The van der Waals surface area contributed by atoms with Crippen LogP contribution in [0.2, 0.25) is 0 Å². The fraction of sp³-hybridized carbons (Fsp3) is 0.755. The third-order valence-corrected chi connectivity index (χ3v) is 12.8. The number of nitrogens with two attached hydrogens (primary N) is 1. The minimum Gasteiger partial charge on any atom is -0.480 e. The number of aliphatic hydroxyl groups is 4. The van der Waals surface area contributed by atoms with Gasteiger partial charge in [-0.05, 0) is 70.6 Å². The minimum atomic E-state index is -1.74. The summed E-state index contributed by atoms with van der Waals surface area (Å²) in [6.07, 6.45) is -3.41. The number of carboxylic acids is 1. The Labute approximate surface area is 454 Å². The van der Waals surface area contributed by atoms with Crippen molar-refractivity contribution in [3.05, 3.63) is 0 Å². The third kappa shape index (κ3) is 22.1. The van der Waals surface area contributed by atoms with Crippen LogP contribution in [0.3, 0.4) is 0 Å². The van der Waals surface area contributed by atoms with Gasteiger partial charge in [0, 0.05) is 6.54 Å². The zero-order valence-corrected chi connectivity index (χ0v) is 46.6. The summed E-state index contributed by atoms with van der Waals surface area (Å²) in [5.41, 5.74) is 5.54. The van der Waals surface area contributed by atoms with Crippen molar-refractivity contribution in [3.8, 4) is 0 Å². The molecule has 0 aromatic carbocycles. The van der Waals surface area contributed by atoms with E-state index in [-0.39, 0.29) is 25.3 Å². The number of carboxylic acid groups (broad SMARTS) is 1. The first-order valence-corrected chi connectivity index (χ1v) is 26.1. The van der Waals surface area contributed by atoms with Gasteiger partial charge in [0.05, 0.1) is 38.0 Å². The molecule has 1 aliphatic heterocycles. The molecule has 1 saturated heterocycles. The van der Waals surface area contributed by atoms with Crippen molar-refractivity contribution in [2.75, 3.05) is 26.2 Å². The van der Waals surface area contributed by atoms with Gasteiger partial charge in [0.15, 0.2) is 0 Å². The van der Waals surface area contributed by atoms with E-state index in [1.165, 1.54) is 20.8 Å². The molecule has 1 aliphatic rings. The van der Waals surface area contributed by atoms with Crippen molar-refractivity contribution in [3.63, 3.8) is 0 Å². The predicted octanol–water partition coefficient (Wildman–Crippen LogP) is -5.94. The fourth-order valence-electron chi connectivity index (χ4n) is 7.84. The lowest BCUT2D eigenvalue weighted by molar-refractivity contribution is -0.144. The molecule has 0 unspecified atom stereocenters. The molecule has 0 aromatic rings. The summed E-state index contributed by atoms with van der Waals surface area (Å²) in [6.45, 7) is 15.9. The number of aliphatic carboxylic acids is 1. The van der Waals surface area contributed by atoms with E-state index in [4.69, 9.17) is 5.73 Å². The van der Waals surface area contributed by atoms with Crippen LogP contribution >= 0.6 is 0 Å². The van der Waals surface area contributed by atoms with Gasteiger partial charge in [-0.1, -0.05) is 61.8 Å². The Kier molecular flexibility index (Phi) is 29.4. The van der Waals surface area contributed by atoms with Crippen LogP contribution < -0.4 is 58.9 Å². The van der Waals surface area contributed by atoms with Crippen LogP contribution in [-0.4, -0.2) is 206 Å². The highest BCUT2D eigenvalue weighted by Crippen LogP contribution is 2.20. The molecule has 0 aromatic heterocycles. The van der Waals surface area contributed by atoms with Crippen LogP contribution in [-0.2, 0) is 57.5 Å². The van der Waals surface area contributed by atoms with Gasteiger partial charge in [0.25, 0.3) is 0 Å². The largest absolute Gasteiger partial charge is 0.480 e. The number of rotatable bonds is 32. The third-order valence-electron chi connectivity index (χ3n) is 12.8. The molecule has 14 atom stereocenters. The van der Waals surface area contributed by atoms with E-state index < -0.39 is 187 Å². The van der Waals surface area contributed by atoms with Gasteiger partial charge in [0.1, 0.15) is 60.4 Å². The molecule has 444 valence electrons. The van der Waals surface area contributed by atoms with Gasteiger partial charge in [-0.15, -0.1) is 0 Å². The first kappa shape index (κ1) is 69.5. The van der Waals surface area contributed by atoms with Crippen molar-refractivity contribution < 1.29 is 83.1 Å². The SMILES string of the molecule is CC[C@H](C)[C@H](NC(=O)[C@H](CC(C)C)NC(=O)[C@@H](NC(=O)[C@H](CO)NC(=O)[C@@H](NC(=O)CNC(=O)[C@@H](N)[C@@H](C)O)[C@@H](C)O)C(C)C)C(=O)N[C@@H](C)C(=O)N[C@H](C(=O)N1CCC[C@H]1C(=O)NCC(=O)N[C@H](C(=O)O)C(C)C)[C@@H](C)O. The van der Waals surface area contributed by atoms with Gasteiger partial charge >= 0.3 is 5.97 Å². The Hall–Kier alpha value is -6.56. The minimum absolute atomic E-state index is 0.0257. The van der Waals surface area contributed by atoms with E-state index in [1.54, 1.807) is 55.4 Å². The number of aliphatic hydroxyl groups excluding tert-OH is 4. The molecule has 1 rings (SSSR count). The molecular weight excluding hydrogens is 1030 g/mol. The zero-order chi connectivity index (χ0) is 60.0. The van der Waals surface area contributed by atoms with Gasteiger partial charge in [0.2, 0.25) is 65.0 Å². The molecule has 0 radical (unpaired) electrons. The molecule has 0 aliphatic carbocycles. The first-order chi connectivity index (χ1) is 36.2. The predicted molar refractivity (Wildman–Crippen MR) is 278 cm³/mol. The molecule has 1 heterocycles. The normalized spacial score (nSPS) is 18.4. The Morgan fingerprint density at radius 1 is 0.538 bits per heavy atom. The Bertz CT molecular complexity index is 2110. The quantitative estimate of drug-likeness (QED) is 0.0298. The van der Waals surface area contributed by atoms with Crippen molar-refractivity contribution in [1.29, 1.82) is 0 Å². The van der Waals surface area contributed by atoms with Gasteiger partial charge in [-0.25, -0.2) is 4.79 Å². The summed E-state index contributed by atoms with van der Waals surface area (Å²) >= 11 is 0. The number of likely N-dealkylation sites (tertiary alicyclic amines) is 1. The van der Waals surface area contributed by atoms with E-state index >= 15 is 0 Å². The van der Waals surface area contributed by atoms with Crippen molar-refractivity contribution in [1.82, 2.24) is 58.1 Å². The maximum absolute atomic E-state index is 14.1. The lowest BCUT2D eigenvalue weighted by Gasteiger charge is -2.31. The molecule has 0 bridgehead atoms. The number of carbonyl (C=O) groups is 12. The Morgan fingerprint density at radius 3 is 1.50 bits per heavy atom. The van der Waals surface area contributed by atoms with Crippen LogP contribution in [0.5, 0.6) is 0 Å². The highest BCUT2D eigenvalue weighted by Gasteiger charge is 2.41. The summed E-state index contributed by atoms with van der Waals surface area (Å²) in [4.78, 5) is 159. The van der Waals surface area contributed by atoms with Crippen LogP contribution in [0.1, 0.15) is 109 Å². The van der Waals surface area contributed by atoms with Crippen LogP contribution in [0.15, 0.2) is 0 Å². The van der Waals surface area contributed by atoms with Gasteiger partial charge in [-0.2, -0.15) is 0 Å². The monoisotopic (exact) mass is 1110 g/mol. The summed E-state index contributed by atoms with van der Waals surface area (Å²) in [5.74, 6) is -13.0. The second-order valence-electron chi connectivity index (χ2n) is 20.8. The second kappa shape index (κ2) is 33.0. The highest BCUT2D eigenvalue weighted by molar-refractivity contribution is 5.99. The van der Waals surface area contributed by atoms with E-state index in [9.17, 15) is 83.1 Å². The standard InChI is InChI=1S/C49H86N12O17/c1-13-24(8)37(46(74)53-25(9)40(68)60-39(28(12)65)48(76)61-16-14-15-31(61)43(71)51-18-32(66)56-36(23(6)7)49(77)78)59-41(69)29(17-21(2)3)54-45(73)35(22(4)5)58-42(70)30(20-62)55-47(75)38(27(11)64)57-33(67)19-52-44(72)34(50)26(10)63/h21-31,34-39,62-65H,13-20,50H2,1-12H3,(H,51,71)(H,52,72)(H,53,74)(H,54,73)(H,55,75)(H,56,66)(H,57,67)(H,58,70)(H,59,69)(H,60,68)(H,77,78)/t24-,25-,26+,27+,28+,29-,30-,31-,34-,35-,36-,37-,38-,39-/m0/s1. The van der Waals surface area contributed by atoms with E-state index in [0.717, 1.165) is 11.8 Å². The zero-order valence-electron chi connectivity index (χ0n) is 46.6. The summed E-state index contributed by atoms with van der Waals surface area (Å²) in [6, 6.07) is -14.1. The number of carbonyl (C=O) groups excluding carboxylic acids is 11. The van der Waals surface area contributed by atoms with Gasteiger partial charge in [-0.3, -0.25) is 52.7 Å². The van der Waals surface area contributed by atoms with Crippen molar-refractivity contribution in [2.45, 2.75) is 187 Å². The summed E-state index contributed by atoms with van der Waals surface area (Å²) in [7, 11) is 0. The molecule has 17 N–H and O–H groups in total. The lowest BCUT2D eigenvalue weighted by atomic mass is 9.96. The maximum Gasteiger partial charge on any atom is 0.326 e. The molecule has 78 heavy (non-hydrogen) atoms. The Morgan fingerprint density at radius 2 is 1.01 bits per heavy atom. The summed E-state index contributed by atoms with van der Waals surface area (Å²) in [5, 5.41) is 73.9. The molecule has 1 fully saturated rings. The highest BCUT2D eigenvalue weighted by atomic mass is 16.4. The van der Waals surface area contributed by atoms with Crippen molar-refractivity contribution in [2.24, 2.45) is 29.4 Å². The Balaban J connectivity index is 3.16. The number of hydrogen-bond acceptors (Lipinski definition) is 17. The van der Waals surface area contributed by atoms with Crippen molar-refractivity contribution >= 4 is 70.9 Å². The fourth-order valence-corrected chi connectivity index (χ4v) is 7.84. The van der Waals surface area contributed by atoms with E-state index in [0.29, 0.717) is 12.8 Å². The molecular formula is C49H86N12O17. The number of amides is 11. The maximum atomic E-state index is 14.1. The molecule has 11 amide bonds. The average molecular weight is 1120 g/mol. The summed E-state index contributed by atoms with van der Waals surface area (Å²) < 4.78 is 0. The first-order valence-electron chi connectivity index (χ1n) is 26.1. The average Bonchev–Trinajstić information content (AvgIpc) is 3.86. The molecule has 29 nitrogen and oxygen atoms in total. The molecule has 29 heteroatoms. The number of nitrogens with zero attached hydrogens (tertiary/aromatic N) is 1. The van der Waals surface area contributed by atoms with Crippen LogP contribution in [0, 0.1) is 23.7 Å². The smallest absolute Gasteiger partial charge is 0.326 e. The van der Waals surface area contributed by atoms with E-state index in [1.807, 2.05) is 0 Å². The second-order valence-corrected chi connectivity index (χ2v) is 20.8. The van der Waals surface area contributed by atoms with Crippen LogP contribution in [0.25, 0.3) is 0 Å². The number of nitrogens with one attached hydrogen (secondary N) is 10. The van der Waals surface area contributed by atoms with Crippen LogP contribution in [0.4, 0.5) is 0 Å². The molecule has 0 saturated carbocycles. The number of hydrogen-bond donors (Lipinski definition) is 16. The van der Waals surface area contributed by atoms with Gasteiger partial charge < -0.3 is 89.3 Å². The molecule has 0 spiro atoms.